The molecule has 2 amide bonds. The second kappa shape index (κ2) is 6.90. The Kier molecular flexibility index (Phi) is 4.45. The Morgan fingerprint density at radius 2 is 1.77 bits per heavy atom. The summed E-state index contributed by atoms with van der Waals surface area (Å²) in [6.07, 6.45) is 2.69. The van der Waals surface area contributed by atoms with Crippen molar-refractivity contribution in [2.75, 3.05) is 13.1 Å². The summed E-state index contributed by atoms with van der Waals surface area (Å²) in [6, 6.07) is 13.9. The van der Waals surface area contributed by atoms with Crippen LogP contribution in [0.2, 0.25) is 0 Å². The average molecular weight is 352 g/mol. The van der Waals surface area contributed by atoms with Crippen LogP contribution in [-0.2, 0) is 4.79 Å². The molecule has 1 heterocycles. The Hall–Kier alpha value is -2.69. The first kappa shape index (κ1) is 16.8. The van der Waals surface area contributed by atoms with Gasteiger partial charge in [0, 0.05) is 42.6 Å². The van der Waals surface area contributed by atoms with Crippen molar-refractivity contribution in [3.8, 4) is 11.1 Å². The zero-order valence-corrected chi connectivity index (χ0v) is 14.5. The molecule has 4 nitrogen and oxygen atoms in total. The molecule has 0 radical (unpaired) electrons. The quantitative estimate of drug-likeness (QED) is 0.898. The highest BCUT2D eigenvalue weighted by Crippen LogP contribution is 2.32. The molecule has 26 heavy (non-hydrogen) atoms. The highest BCUT2D eigenvalue weighted by molar-refractivity contribution is 6.01. The van der Waals surface area contributed by atoms with Crippen molar-refractivity contribution in [1.82, 2.24) is 10.2 Å². The number of carbonyl (C=O) groups is 2. The molecule has 0 bridgehead atoms. The Bertz CT molecular complexity index is 847. The zero-order valence-electron chi connectivity index (χ0n) is 14.5. The molecule has 0 spiro atoms. The van der Waals surface area contributed by atoms with Crippen molar-refractivity contribution in [1.29, 1.82) is 0 Å². The number of hydrogen-bond donors (Lipinski definition) is 1. The average Bonchev–Trinajstić information content (AvgIpc) is 3.43. The molecular formula is C21H21FN2O2. The van der Waals surface area contributed by atoms with Gasteiger partial charge in [0.25, 0.3) is 5.91 Å². The molecule has 2 aromatic carbocycles. The molecule has 2 fully saturated rings. The van der Waals surface area contributed by atoms with Gasteiger partial charge in [-0.15, -0.1) is 0 Å². The van der Waals surface area contributed by atoms with Gasteiger partial charge in [-0.3, -0.25) is 9.59 Å². The lowest BCUT2D eigenvalue weighted by Gasteiger charge is -2.16. The molecule has 2 aromatic rings. The first-order chi connectivity index (χ1) is 12.6. The van der Waals surface area contributed by atoms with E-state index in [1.54, 1.807) is 42.5 Å². The van der Waals surface area contributed by atoms with E-state index in [0.717, 1.165) is 19.4 Å². The second-order valence-electron chi connectivity index (χ2n) is 7.08. The van der Waals surface area contributed by atoms with E-state index in [2.05, 4.69) is 5.32 Å². The van der Waals surface area contributed by atoms with Crippen LogP contribution in [0.3, 0.4) is 0 Å². The largest absolute Gasteiger partial charge is 0.352 e. The molecule has 0 aromatic heterocycles. The Balaban J connectivity index is 1.46. The SMILES string of the molecule is O=C(NCC1CC(=O)N(C2CC2)C1)c1ccccc1-c1ccccc1F. The number of carbonyl (C=O) groups excluding carboxylic acids is 2. The summed E-state index contributed by atoms with van der Waals surface area (Å²) in [6.45, 7) is 1.18. The lowest BCUT2D eigenvalue weighted by atomic mass is 9.98. The third-order valence-electron chi connectivity index (χ3n) is 5.11. The highest BCUT2D eigenvalue weighted by Gasteiger charge is 2.39. The van der Waals surface area contributed by atoms with Gasteiger partial charge in [0.1, 0.15) is 5.82 Å². The van der Waals surface area contributed by atoms with Crippen LogP contribution in [0.4, 0.5) is 4.39 Å². The predicted octanol–water partition coefficient (Wildman–Crippen LogP) is 3.23. The van der Waals surface area contributed by atoms with Gasteiger partial charge in [-0.2, -0.15) is 0 Å². The number of hydrogen-bond acceptors (Lipinski definition) is 2. The Morgan fingerprint density at radius 1 is 1.08 bits per heavy atom. The Morgan fingerprint density at radius 3 is 2.50 bits per heavy atom. The maximum absolute atomic E-state index is 14.1. The second-order valence-corrected chi connectivity index (χ2v) is 7.08. The van der Waals surface area contributed by atoms with E-state index in [1.807, 2.05) is 4.90 Å². The zero-order chi connectivity index (χ0) is 18.1. The highest BCUT2D eigenvalue weighted by atomic mass is 19.1. The number of halogens is 1. The number of benzene rings is 2. The van der Waals surface area contributed by atoms with Crippen molar-refractivity contribution in [2.45, 2.75) is 25.3 Å². The molecule has 2 aliphatic rings. The van der Waals surface area contributed by atoms with E-state index in [0.29, 0.717) is 35.7 Å². The number of likely N-dealkylation sites (tertiary alicyclic amines) is 1. The minimum atomic E-state index is -0.353. The number of amides is 2. The van der Waals surface area contributed by atoms with Gasteiger partial charge in [0.15, 0.2) is 0 Å². The van der Waals surface area contributed by atoms with Crippen LogP contribution in [0.15, 0.2) is 48.5 Å². The summed E-state index contributed by atoms with van der Waals surface area (Å²) < 4.78 is 14.1. The molecule has 1 N–H and O–H groups in total. The van der Waals surface area contributed by atoms with Gasteiger partial charge < -0.3 is 10.2 Å². The van der Waals surface area contributed by atoms with Crippen molar-refractivity contribution >= 4 is 11.8 Å². The number of nitrogens with one attached hydrogen (secondary N) is 1. The minimum Gasteiger partial charge on any atom is -0.352 e. The minimum absolute atomic E-state index is 0.146. The lowest BCUT2D eigenvalue weighted by molar-refractivity contribution is -0.128. The van der Waals surface area contributed by atoms with Crippen LogP contribution in [0.25, 0.3) is 11.1 Å². The predicted molar refractivity (Wildman–Crippen MR) is 97.0 cm³/mol. The summed E-state index contributed by atoms with van der Waals surface area (Å²) in [5.74, 6) is -0.249. The first-order valence-electron chi connectivity index (χ1n) is 9.05. The smallest absolute Gasteiger partial charge is 0.251 e. The van der Waals surface area contributed by atoms with Crippen molar-refractivity contribution in [3.05, 3.63) is 59.9 Å². The van der Waals surface area contributed by atoms with Crippen LogP contribution < -0.4 is 5.32 Å². The summed E-state index contributed by atoms with van der Waals surface area (Å²) in [5, 5.41) is 2.93. The van der Waals surface area contributed by atoms with Crippen LogP contribution >= 0.6 is 0 Å². The molecule has 1 atom stereocenters. The Labute approximate surface area is 152 Å². The van der Waals surface area contributed by atoms with Crippen molar-refractivity contribution < 1.29 is 14.0 Å². The molecule has 5 heteroatoms. The number of rotatable bonds is 5. The van der Waals surface area contributed by atoms with E-state index in [1.165, 1.54) is 6.07 Å². The topological polar surface area (TPSA) is 49.4 Å². The van der Waals surface area contributed by atoms with Gasteiger partial charge >= 0.3 is 0 Å². The summed E-state index contributed by atoms with van der Waals surface area (Å²) >= 11 is 0. The molecule has 1 saturated carbocycles. The van der Waals surface area contributed by atoms with Gasteiger partial charge in [0.2, 0.25) is 5.91 Å². The molecular weight excluding hydrogens is 331 g/mol. The molecule has 1 unspecified atom stereocenters. The fourth-order valence-corrected chi connectivity index (χ4v) is 3.61. The lowest BCUT2D eigenvalue weighted by Crippen LogP contribution is -2.32. The third-order valence-corrected chi connectivity index (χ3v) is 5.11. The maximum atomic E-state index is 14.1. The van der Waals surface area contributed by atoms with E-state index >= 15 is 0 Å². The number of nitrogens with zero attached hydrogens (tertiary/aromatic N) is 1. The monoisotopic (exact) mass is 352 g/mol. The standard InChI is InChI=1S/C21H21FN2O2/c22-19-8-4-3-6-17(19)16-5-1-2-7-18(16)21(26)23-12-14-11-20(25)24(13-14)15-9-10-15/h1-8,14-15H,9-13H2,(H,23,26). The third kappa shape index (κ3) is 3.34. The van der Waals surface area contributed by atoms with Crippen LogP contribution in [0.5, 0.6) is 0 Å². The van der Waals surface area contributed by atoms with Gasteiger partial charge in [-0.25, -0.2) is 4.39 Å². The normalized spacial score (nSPS) is 19.7. The summed E-state index contributed by atoms with van der Waals surface area (Å²) in [5.41, 5.74) is 1.43. The molecule has 1 aliphatic heterocycles. The molecule has 134 valence electrons. The van der Waals surface area contributed by atoms with Crippen molar-refractivity contribution in [3.63, 3.8) is 0 Å². The van der Waals surface area contributed by atoms with Gasteiger partial charge in [-0.1, -0.05) is 36.4 Å². The molecule has 4 rings (SSSR count). The maximum Gasteiger partial charge on any atom is 0.251 e. The van der Waals surface area contributed by atoms with E-state index in [4.69, 9.17) is 0 Å². The first-order valence-corrected chi connectivity index (χ1v) is 9.05. The van der Waals surface area contributed by atoms with Crippen molar-refractivity contribution in [2.24, 2.45) is 5.92 Å². The molecule has 1 aliphatic carbocycles. The summed E-state index contributed by atoms with van der Waals surface area (Å²) in [7, 11) is 0. The summed E-state index contributed by atoms with van der Waals surface area (Å²) in [4.78, 5) is 26.7. The fraction of sp³-hybridized carbons (Fsp3) is 0.333. The van der Waals surface area contributed by atoms with Gasteiger partial charge in [0.05, 0.1) is 0 Å². The molecule has 1 saturated heterocycles. The van der Waals surface area contributed by atoms with Crippen LogP contribution in [0, 0.1) is 11.7 Å². The van der Waals surface area contributed by atoms with Crippen LogP contribution in [-0.4, -0.2) is 35.8 Å². The fourth-order valence-electron chi connectivity index (χ4n) is 3.61. The van der Waals surface area contributed by atoms with E-state index in [-0.39, 0.29) is 23.5 Å². The van der Waals surface area contributed by atoms with Crippen LogP contribution in [0.1, 0.15) is 29.6 Å². The van der Waals surface area contributed by atoms with Gasteiger partial charge in [-0.05, 0) is 30.5 Å². The van der Waals surface area contributed by atoms with E-state index in [9.17, 15) is 14.0 Å². The van der Waals surface area contributed by atoms with E-state index < -0.39 is 0 Å².